The van der Waals surface area contributed by atoms with Crippen LogP contribution in [-0.4, -0.2) is 42.9 Å². The monoisotopic (exact) mass is 293 g/mol. The molecule has 0 bridgehead atoms. The Kier molecular flexibility index (Phi) is 5.55. The predicted molar refractivity (Wildman–Crippen MR) is 75.3 cm³/mol. The first-order chi connectivity index (χ1) is 10.2. The SMILES string of the molecule is CO[C@H]1O[C@H](C)[C@@H](N=[N+]=[N-])[C@@H](O)[C@H]1OCc1ccccc1. The number of rotatable bonds is 5. The summed E-state index contributed by atoms with van der Waals surface area (Å²) in [5.41, 5.74) is 9.56. The van der Waals surface area contributed by atoms with Crippen molar-refractivity contribution < 1.29 is 19.3 Å². The van der Waals surface area contributed by atoms with Crippen LogP contribution in [0.3, 0.4) is 0 Å². The van der Waals surface area contributed by atoms with Gasteiger partial charge in [-0.2, -0.15) is 0 Å². The van der Waals surface area contributed by atoms with Crippen LogP contribution in [0.1, 0.15) is 12.5 Å². The van der Waals surface area contributed by atoms with E-state index in [4.69, 9.17) is 19.7 Å². The predicted octanol–water partition coefficient (Wildman–Crippen LogP) is 2.00. The summed E-state index contributed by atoms with van der Waals surface area (Å²) in [4.78, 5) is 2.75. The minimum absolute atomic E-state index is 0.309. The number of aliphatic hydroxyl groups excluding tert-OH is 1. The van der Waals surface area contributed by atoms with Gasteiger partial charge in [0.15, 0.2) is 6.29 Å². The molecule has 114 valence electrons. The van der Waals surface area contributed by atoms with Crippen LogP contribution in [0.25, 0.3) is 10.4 Å². The lowest BCUT2D eigenvalue weighted by molar-refractivity contribution is -0.274. The van der Waals surface area contributed by atoms with Crippen molar-refractivity contribution in [2.75, 3.05) is 7.11 Å². The first-order valence-corrected chi connectivity index (χ1v) is 6.73. The molecule has 2 rings (SSSR count). The molecular formula is C14H19N3O4. The average Bonchev–Trinajstić information content (AvgIpc) is 2.51. The van der Waals surface area contributed by atoms with Gasteiger partial charge in [-0.25, -0.2) is 0 Å². The molecule has 1 fully saturated rings. The number of ether oxygens (including phenoxy) is 3. The van der Waals surface area contributed by atoms with Crippen LogP contribution < -0.4 is 0 Å². The molecule has 1 aliphatic heterocycles. The van der Waals surface area contributed by atoms with Gasteiger partial charge < -0.3 is 19.3 Å². The van der Waals surface area contributed by atoms with Crippen LogP contribution in [0.4, 0.5) is 0 Å². The quantitative estimate of drug-likeness (QED) is 0.510. The molecule has 7 heteroatoms. The summed E-state index contributed by atoms with van der Waals surface area (Å²) in [6.07, 6.45) is -2.86. The van der Waals surface area contributed by atoms with E-state index in [9.17, 15) is 5.11 Å². The van der Waals surface area contributed by atoms with Gasteiger partial charge in [-0.1, -0.05) is 35.4 Å². The fraction of sp³-hybridized carbons (Fsp3) is 0.571. The van der Waals surface area contributed by atoms with Crippen molar-refractivity contribution in [2.45, 2.75) is 44.2 Å². The van der Waals surface area contributed by atoms with Gasteiger partial charge in [0, 0.05) is 12.0 Å². The fourth-order valence-corrected chi connectivity index (χ4v) is 2.36. The topological polar surface area (TPSA) is 96.7 Å². The van der Waals surface area contributed by atoms with Crippen molar-refractivity contribution >= 4 is 0 Å². The normalized spacial score (nSPS) is 32.4. The zero-order chi connectivity index (χ0) is 15.2. The van der Waals surface area contributed by atoms with Crippen LogP contribution >= 0.6 is 0 Å². The van der Waals surface area contributed by atoms with E-state index >= 15 is 0 Å². The van der Waals surface area contributed by atoms with Crippen LogP contribution in [0.5, 0.6) is 0 Å². The molecule has 0 saturated carbocycles. The Balaban J connectivity index is 2.08. The second-order valence-electron chi connectivity index (χ2n) is 4.89. The van der Waals surface area contributed by atoms with E-state index in [1.165, 1.54) is 7.11 Å². The minimum Gasteiger partial charge on any atom is -0.390 e. The van der Waals surface area contributed by atoms with Gasteiger partial charge in [-0.3, -0.25) is 0 Å². The van der Waals surface area contributed by atoms with Gasteiger partial charge >= 0.3 is 0 Å². The average molecular weight is 293 g/mol. The molecule has 1 N–H and O–H groups in total. The summed E-state index contributed by atoms with van der Waals surface area (Å²) in [5, 5.41) is 13.9. The number of methoxy groups -OCH3 is 1. The Morgan fingerprint density at radius 3 is 2.71 bits per heavy atom. The van der Waals surface area contributed by atoms with Crippen LogP contribution in [0.15, 0.2) is 35.4 Å². The zero-order valence-electron chi connectivity index (χ0n) is 12.0. The van der Waals surface area contributed by atoms with Crippen molar-refractivity contribution in [3.05, 3.63) is 46.3 Å². The summed E-state index contributed by atoms with van der Waals surface area (Å²) < 4.78 is 16.5. The van der Waals surface area contributed by atoms with E-state index in [2.05, 4.69) is 10.0 Å². The summed E-state index contributed by atoms with van der Waals surface area (Å²) in [6, 6.07) is 8.87. The lowest BCUT2D eigenvalue weighted by Gasteiger charge is -2.41. The third kappa shape index (κ3) is 3.72. The molecule has 1 aliphatic rings. The number of hydrogen-bond acceptors (Lipinski definition) is 5. The summed E-state index contributed by atoms with van der Waals surface area (Å²) in [7, 11) is 1.48. The molecular weight excluding hydrogens is 274 g/mol. The van der Waals surface area contributed by atoms with Crippen molar-refractivity contribution in [1.82, 2.24) is 0 Å². The van der Waals surface area contributed by atoms with Crippen molar-refractivity contribution in [1.29, 1.82) is 0 Å². The summed E-state index contributed by atoms with van der Waals surface area (Å²) >= 11 is 0. The van der Waals surface area contributed by atoms with Gasteiger partial charge in [-0.15, -0.1) is 0 Å². The maximum absolute atomic E-state index is 10.4. The van der Waals surface area contributed by atoms with E-state index in [0.29, 0.717) is 6.61 Å². The van der Waals surface area contributed by atoms with Crippen molar-refractivity contribution in [3.63, 3.8) is 0 Å². The summed E-state index contributed by atoms with van der Waals surface area (Å²) in [6.45, 7) is 2.03. The highest BCUT2D eigenvalue weighted by Gasteiger charge is 2.44. The first kappa shape index (κ1) is 15.8. The largest absolute Gasteiger partial charge is 0.390 e. The van der Waals surface area contributed by atoms with E-state index < -0.39 is 30.6 Å². The third-order valence-electron chi connectivity index (χ3n) is 3.49. The highest BCUT2D eigenvalue weighted by molar-refractivity contribution is 5.13. The van der Waals surface area contributed by atoms with Gasteiger partial charge in [-0.05, 0) is 18.0 Å². The highest BCUT2D eigenvalue weighted by atomic mass is 16.7. The van der Waals surface area contributed by atoms with E-state index in [1.54, 1.807) is 6.92 Å². The Bertz CT molecular complexity index is 492. The van der Waals surface area contributed by atoms with Gasteiger partial charge in [0.05, 0.1) is 24.9 Å². The lowest BCUT2D eigenvalue weighted by Crippen LogP contribution is -2.57. The molecule has 1 saturated heterocycles. The van der Waals surface area contributed by atoms with Gasteiger partial charge in [0.2, 0.25) is 0 Å². The molecule has 0 amide bonds. The van der Waals surface area contributed by atoms with Crippen LogP contribution in [-0.2, 0) is 20.8 Å². The molecule has 0 aromatic heterocycles. The summed E-state index contributed by atoms with van der Waals surface area (Å²) in [5.74, 6) is 0. The maximum atomic E-state index is 10.4. The second kappa shape index (κ2) is 7.40. The number of nitrogens with zero attached hydrogens (tertiary/aromatic N) is 3. The minimum atomic E-state index is -0.988. The third-order valence-corrected chi connectivity index (χ3v) is 3.49. The Morgan fingerprint density at radius 2 is 2.10 bits per heavy atom. The van der Waals surface area contributed by atoms with E-state index in [0.717, 1.165) is 5.56 Å². The molecule has 1 aromatic rings. The molecule has 21 heavy (non-hydrogen) atoms. The van der Waals surface area contributed by atoms with E-state index in [1.807, 2.05) is 30.3 Å². The number of hydrogen-bond donors (Lipinski definition) is 1. The van der Waals surface area contributed by atoms with Gasteiger partial charge in [0.1, 0.15) is 6.10 Å². The first-order valence-electron chi connectivity index (χ1n) is 6.73. The Hall–Kier alpha value is -1.63. The Morgan fingerprint density at radius 1 is 1.38 bits per heavy atom. The van der Waals surface area contributed by atoms with E-state index in [-0.39, 0.29) is 0 Å². The number of azide groups is 1. The van der Waals surface area contributed by atoms with Crippen molar-refractivity contribution in [2.24, 2.45) is 5.11 Å². The molecule has 0 aliphatic carbocycles. The fourth-order valence-electron chi connectivity index (χ4n) is 2.36. The molecule has 0 spiro atoms. The van der Waals surface area contributed by atoms with Crippen LogP contribution in [0.2, 0.25) is 0 Å². The molecule has 7 nitrogen and oxygen atoms in total. The smallest absolute Gasteiger partial charge is 0.186 e. The maximum Gasteiger partial charge on any atom is 0.186 e. The molecule has 1 heterocycles. The lowest BCUT2D eigenvalue weighted by atomic mass is 9.97. The zero-order valence-corrected chi connectivity index (χ0v) is 12.0. The Labute approximate surface area is 123 Å². The van der Waals surface area contributed by atoms with Gasteiger partial charge in [0.25, 0.3) is 0 Å². The molecule has 5 atom stereocenters. The molecule has 1 aromatic carbocycles. The standard InChI is InChI=1S/C14H19N3O4/c1-9-11(16-17-15)12(18)13(14(19-2)21-9)20-8-10-6-4-3-5-7-10/h3-7,9,11-14,18H,8H2,1-2H3/t9-,11-,12-,13-,14+/m1/s1. The second-order valence-corrected chi connectivity index (χ2v) is 4.89. The van der Waals surface area contributed by atoms with Crippen molar-refractivity contribution in [3.8, 4) is 0 Å². The van der Waals surface area contributed by atoms with Crippen LogP contribution in [0, 0.1) is 0 Å². The highest BCUT2D eigenvalue weighted by Crippen LogP contribution is 2.26. The molecule has 0 unspecified atom stereocenters. The molecule has 0 radical (unpaired) electrons. The number of benzene rings is 1. The number of aliphatic hydroxyl groups is 1.